The van der Waals surface area contributed by atoms with E-state index in [0.717, 1.165) is 4.57 Å². The second-order valence-electron chi connectivity index (χ2n) is 7.81. The summed E-state index contributed by atoms with van der Waals surface area (Å²) in [5, 5.41) is 0.832. The number of halogens is 1. The second kappa shape index (κ2) is 9.55. The van der Waals surface area contributed by atoms with Gasteiger partial charge in [0.15, 0.2) is 11.4 Å². The smallest absolute Gasteiger partial charge is 0.294 e. The summed E-state index contributed by atoms with van der Waals surface area (Å²) in [4.78, 5) is 46.6. The largest absolute Gasteiger partial charge is 0.332 e. The summed E-state index contributed by atoms with van der Waals surface area (Å²) < 4.78 is 15.6. The minimum atomic E-state index is -0.426. The highest BCUT2D eigenvalue weighted by atomic mass is 32.2. The topological polar surface area (TPSA) is 86.9 Å². The fourth-order valence-electron chi connectivity index (χ4n) is 3.26. The van der Waals surface area contributed by atoms with E-state index >= 15 is 0 Å². The van der Waals surface area contributed by atoms with E-state index in [0.29, 0.717) is 52.6 Å². The molecule has 3 aromatic rings. The van der Waals surface area contributed by atoms with Gasteiger partial charge in [-0.15, -0.1) is 11.8 Å². The Morgan fingerprint density at radius 3 is 2.48 bits per heavy atom. The average molecular weight is 445 g/mol. The SMILES string of the molecule is Cc1nc(SCCCC(=O)c2ccc(F)cc2)c2c(=O)n(C)c(=O)n(CC(C)C)c2n1. The number of carbonyl (C=O) groups is 1. The first-order chi connectivity index (χ1) is 14.7. The zero-order valence-electron chi connectivity index (χ0n) is 18.0. The van der Waals surface area contributed by atoms with E-state index in [1.54, 1.807) is 6.92 Å². The lowest BCUT2D eigenvalue weighted by Gasteiger charge is -2.15. The number of hydrogen-bond acceptors (Lipinski definition) is 6. The molecule has 0 radical (unpaired) electrons. The molecule has 7 nitrogen and oxygen atoms in total. The third-order valence-electron chi connectivity index (χ3n) is 4.76. The minimum absolute atomic E-state index is 0.0639. The van der Waals surface area contributed by atoms with Crippen LogP contribution in [-0.4, -0.2) is 30.6 Å². The van der Waals surface area contributed by atoms with E-state index < -0.39 is 11.2 Å². The van der Waals surface area contributed by atoms with Gasteiger partial charge in [0, 0.05) is 25.6 Å². The number of nitrogens with zero attached hydrogens (tertiary/aromatic N) is 4. The Kier molecular flexibility index (Phi) is 7.04. The molecule has 0 saturated carbocycles. The highest BCUT2D eigenvalue weighted by Gasteiger charge is 2.18. The van der Waals surface area contributed by atoms with Gasteiger partial charge in [0.2, 0.25) is 0 Å². The predicted molar refractivity (Wildman–Crippen MR) is 119 cm³/mol. The van der Waals surface area contributed by atoms with Gasteiger partial charge in [-0.1, -0.05) is 13.8 Å². The van der Waals surface area contributed by atoms with Crippen molar-refractivity contribution in [2.24, 2.45) is 13.0 Å². The molecule has 2 aromatic heterocycles. The Hall–Kier alpha value is -2.81. The zero-order chi connectivity index (χ0) is 22.7. The van der Waals surface area contributed by atoms with Crippen molar-refractivity contribution in [2.45, 2.75) is 45.2 Å². The fourth-order valence-corrected chi connectivity index (χ4v) is 4.26. The van der Waals surface area contributed by atoms with Crippen LogP contribution in [0.5, 0.6) is 0 Å². The molecule has 9 heteroatoms. The molecule has 3 rings (SSSR count). The molecule has 31 heavy (non-hydrogen) atoms. The quantitative estimate of drug-likeness (QED) is 0.229. The van der Waals surface area contributed by atoms with Gasteiger partial charge in [-0.3, -0.25) is 18.7 Å². The number of Topliss-reactive ketones (excluding diaryl/α,β-unsaturated/α-hetero) is 1. The average Bonchev–Trinajstić information content (AvgIpc) is 2.72. The summed E-state index contributed by atoms with van der Waals surface area (Å²) in [6.45, 7) is 6.15. The maximum absolute atomic E-state index is 13.0. The van der Waals surface area contributed by atoms with Crippen LogP contribution in [0.1, 0.15) is 42.9 Å². The van der Waals surface area contributed by atoms with Crippen LogP contribution < -0.4 is 11.2 Å². The normalized spacial score (nSPS) is 11.4. The summed E-state index contributed by atoms with van der Waals surface area (Å²) >= 11 is 1.37. The molecule has 0 bridgehead atoms. The molecule has 0 aliphatic heterocycles. The standard InChI is InChI=1S/C22H25FN4O3S/c1-13(2)12-27-19-18(21(29)26(4)22(27)30)20(25-14(3)24-19)31-11-5-6-17(28)15-7-9-16(23)10-8-15/h7-10,13H,5-6,11-12H2,1-4H3. The van der Waals surface area contributed by atoms with Crippen LogP contribution in [0.4, 0.5) is 4.39 Å². The summed E-state index contributed by atoms with van der Waals surface area (Å²) in [6.07, 6.45) is 0.869. The molecule has 0 amide bonds. The van der Waals surface area contributed by atoms with Crippen molar-refractivity contribution in [3.63, 3.8) is 0 Å². The molecule has 0 atom stereocenters. The number of aromatic nitrogens is 4. The van der Waals surface area contributed by atoms with Crippen molar-refractivity contribution in [2.75, 3.05) is 5.75 Å². The number of ketones is 1. The maximum atomic E-state index is 13.0. The Morgan fingerprint density at radius 2 is 1.84 bits per heavy atom. The van der Waals surface area contributed by atoms with Crippen molar-refractivity contribution < 1.29 is 9.18 Å². The summed E-state index contributed by atoms with van der Waals surface area (Å²) in [5.74, 6) is 0.789. The molecular weight excluding hydrogens is 419 g/mol. The fraction of sp³-hybridized carbons (Fsp3) is 0.409. The van der Waals surface area contributed by atoms with E-state index in [1.807, 2.05) is 13.8 Å². The van der Waals surface area contributed by atoms with Crippen LogP contribution in [0.2, 0.25) is 0 Å². The van der Waals surface area contributed by atoms with Crippen LogP contribution in [0.25, 0.3) is 11.0 Å². The number of aryl methyl sites for hydroxylation is 1. The first-order valence-electron chi connectivity index (χ1n) is 10.1. The lowest BCUT2D eigenvalue weighted by Crippen LogP contribution is -2.39. The van der Waals surface area contributed by atoms with Gasteiger partial charge in [0.25, 0.3) is 5.56 Å². The summed E-state index contributed by atoms with van der Waals surface area (Å²) in [7, 11) is 1.45. The Bertz CT molecular complexity index is 1230. The van der Waals surface area contributed by atoms with Gasteiger partial charge in [0.1, 0.15) is 22.1 Å². The first-order valence-corrected chi connectivity index (χ1v) is 11.1. The van der Waals surface area contributed by atoms with Crippen LogP contribution in [0.3, 0.4) is 0 Å². The first kappa shape index (κ1) is 22.9. The number of thioether (sulfide) groups is 1. The van der Waals surface area contributed by atoms with E-state index in [-0.39, 0.29) is 17.5 Å². The van der Waals surface area contributed by atoms with Crippen molar-refractivity contribution in [1.29, 1.82) is 0 Å². The molecule has 0 fully saturated rings. The molecule has 0 unspecified atom stereocenters. The Morgan fingerprint density at radius 1 is 1.16 bits per heavy atom. The van der Waals surface area contributed by atoms with Gasteiger partial charge in [-0.2, -0.15) is 0 Å². The summed E-state index contributed by atoms with van der Waals surface area (Å²) in [6, 6.07) is 5.49. The molecule has 0 saturated heterocycles. The second-order valence-corrected chi connectivity index (χ2v) is 8.89. The van der Waals surface area contributed by atoms with Crippen molar-refractivity contribution in [3.05, 3.63) is 62.3 Å². The minimum Gasteiger partial charge on any atom is -0.294 e. The van der Waals surface area contributed by atoms with Crippen LogP contribution in [0.15, 0.2) is 38.9 Å². The van der Waals surface area contributed by atoms with Gasteiger partial charge in [0.05, 0.1) is 0 Å². The highest BCUT2D eigenvalue weighted by molar-refractivity contribution is 7.99. The molecule has 0 aliphatic carbocycles. The number of rotatable bonds is 8. The molecule has 0 aliphatic rings. The maximum Gasteiger partial charge on any atom is 0.332 e. The molecule has 0 spiro atoms. The van der Waals surface area contributed by atoms with Crippen molar-refractivity contribution >= 4 is 28.6 Å². The van der Waals surface area contributed by atoms with E-state index in [4.69, 9.17) is 0 Å². The number of carbonyl (C=O) groups excluding carboxylic acids is 1. The predicted octanol–water partition coefficient (Wildman–Crippen LogP) is 3.35. The molecular formula is C22H25FN4O3S. The third-order valence-corrected chi connectivity index (χ3v) is 5.82. The van der Waals surface area contributed by atoms with Gasteiger partial charge < -0.3 is 0 Å². The van der Waals surface area contributed by atoms with Crippen LogP contribution in [0, 0.1) is 18.7 Å². The third kappa shape index (κ3) is 5.10. The monoisotopic (exact) mass is 444 g/mol. The Balaban J connectivity index is 1.84. The molecule has 164 valence electrons. The van der Waals surface area contributed by atoms with Crippen molar-refractivity contribution in [1.82, 2.24) is 19.1 Å². The van der Waals surface area contributed by atoms with Gasteiger partial charge in [-0.05, 0) is 49.3 Å². The number of fused-ring (bicyclic) bond motifs is 1. The lowest BCUT2D eigenvalue weighted by molar-refractivity contribution is 0.0982. The number of hydrogen-bond donors (Lipinski definition) is 0. The van der Waals surface area contributed by atoms with E-state index in [2.05, 4.69) is 9.97 Å². The highest BCUT2D eigenvalue weighted by Crippen LogP contribution is 2.24. The number of benzene rings is 1. The van der Waals surface area contributed by atoms with Crippen LogP contribution in [-0.2, 0) is 13.6 Å². The lowest BCUT2D eigenvalue weighted by atomic mass is 10.1. The summed E-state index contributed by atoms with van der Waals surface area (Å²) in [5.41, 5.74) is -0.00414. The van der Waals surface area contributed by atoms with Crippen LogP contribution >= 0.6 is 11.8 Å². The molecule has 1 aromatic carbocycles. The van der Waals surface area contributed by atoms with Crippen molar-refractivity contribution in [3.8, 4) is 0 Å². The Labute approximate surface area is 183 Å². The van der Waals surface area contributed by atoms with E-state index in [9.17, 15) is 18.8 Å². The van der Waals surface area contributed by atoms with Gasteiger partial charge >= 0.3 is 5.69 Å². The molecule has 0 N–H and O–H groups in total. The molecule has 2 heterocycles. The zero-order valence-corrected chi connectivity index (χ0v) is 18.8. The van der Waals surface area contributed by atoms with E-state index in [1.165, 1.54) is 47.6 Å². The van der Waals surface area contributed by atoms with Gasteiger partial charge in [-0.25, -0.2) is 19.2 Å².